The molecule has 7 heteroatoms. The molecular formula is C17H23N3O3S. The number of amides is 4. The van der Waals surface area contributed by atoms with E-state index in [0.717, 1.165) is 29.0 Å². The molecule has 3 unspecified atom stereocenters. The van der Waals surface area contributed by atoms with Crippen LogP contribution in [-0.4, -0.2) is 35.3 Å². The number of carbonyl (C=O) groups is 3. The lowest BCUT2D eigenvalue weighted by molar-refractivity contribution is -0.135. The van der Waals surface area contributed by atoms with E-state index in [2.05, 4.69) is 17.6 Å². The van der Waals surface area contributed by atoms with Crippen LogP contribution in [0.3, 0.4) is 0 Å². The van der Waals surface area contributed by atoms with Gasteiger partial charge < -0.3 is 10.6 Å². The topological polar surface area (TPSA) is 78.5 Å². The second kappa shape index (κ2) is 6.55. The van der Waals surface area contributed by atoms with Crippen LogP contribution in [0.2, 0.25) is 0 Å². The summed E-state index contributed by atoms with van der Waals surface area (Å²) in [6.45, 7) is 3.58. The van der Waals surface area contributed by atoms with Crippen molar-refractivity contribution in [3.63, 3.8) is 0 Å². The third-order valence-electron chi connectivity index (χ3n) is 5.05. The molecule has 6 nitrogen and oxygen atoms in total. The number of urea groups is 1. The highest BCUT2D eigenvalue weighted by Gasteiger charge is 2.50. The molecule has 3 atom stereocenters. The summed E-state index contributed by atoms with van der Waals surface area (Å²) in [5, 5.41) is 7.57. The second-order valence-electron chi connectivity index (χ2n) is 6.86. The van der Waals surface area contributed by atoms with Crippen LogP contribution in [0, 0.1) is 5.92 Å². The number of carbonyl (C=O) groups excluding carboxylic acids is 3. The lowest BCUT2D eigenvalue weighted by atomic mass is 9.86. The zero-order valence-electron chi connectivity index (χ0n) is 14.0. The Hall–Kier alpha value is -1.89. The van der Waals surface area contributed by atoms with E-state index < -0.39 is 11.6 Å². The zero-order valence-corrected chi connectivity index (χ0v) is 14.8. The molecule has 1 aliphatic heterocycles. The minimum atomic E-state index is -1.08. The van der Waals surface area contributed by atoms with Gasteiger partial charge in [-0.15, -0.1) is 11.3 Å². The van der Waals surface area contributed by atoms with Crippen molar-refractivity contribution in [1.29, 1.82) is 0 Å². The Labute approximate surface area is 145 Å². The molecule has 2 aliphatic rings. The highest BCUT2D eigenvalue weighted by molar-refractivity contribution is 7.10. The summed E-state index contributed by atoms with van der Waals surface area (Å²) in [5.41, 5.74) is -1.08. The molecule has 0 radical (unpaired) electrons. The van der Waals surface area contributed by atoms with Crippen LogP contribution in [-0.2, 0) is 15.1 Å². The summed E-state index contributed by atoms with van der Waals surface area (Å²) >= 11 is 1.41. The summed E-state index contributed by atoms with van der Waals surface area (Å²) in [5.74, 6) is -0.211. The van der Waals surface area contributed by atoms with Crippen molar-refractivity contribution in [3.8, 4) is 0 Å². The Bertz CT molecular complexity index is 646. The molecule has 24 heavy (non-hydrogen) atoms. The average molecular weight is 349 g/mol. The van der Waals surface area contributed by atoms with Crippen LogP contribution in [0.25, 0.3) is 0 Å². The minimum absolute atomic E-state index is 0.135. The molecule has 1 aliphatic carbocycles. The van der Waals surface area contributed by atoms with Gasteiger partial charge in [-0.25, -0.2) is 4.79 Å². The highest BCUT2D eigenvalue weighted by Crippen LogP contribution is 2.31. The van der Waals surface area contributed by atoms with Crippen molar-refractivity contribution in [2.45, 2.75) is 51.1 Å². The molecule has 1 saturated heterocycles. The maximum Gasteiger partial charge on any atom is 0.325 e. The number of hydrogen-bond donors (Lipinski definition) is 2. The molecule has 1 saturated carbocycles. The first-order valence-corrected chi connectivity index (χ1v) is 9.27. The third-order valence-corrected chi connectivity index (χ3v) is 6.14. The molecule has 0 spiro atoms. The van der Waals surface area contributed by atoms with E-state index in [-0.39, 0.29) is 24.4 Å². The van der Waals surface area contributed by atoms with Gasteiger partial charge in [-0.05, 0) is 37.1 Å². The standard InChI is InChI=1S/C17H23N3O3S/c1-11-6-3-4-7-12(11)18-14(21)10-20-15(22)17(2,19-16(20)23)13-8-5-9-24-13/h5,8-9,11-12H,3-4,6-7,10H2,1-2H3,(H,18,21)(H,19,23). The number of imide groups is 1. The van der Waals surface area contributed by atoms with Crippen LogP contribution in [0.4, 0.5) is 4.79 Å². The lowest BCUT2D eigenvalue weighted by Gasteiger charge is -2.30. The molecule has 1 aromatic heterocycles. The molecule has 130 valence electrons. The minimum Gasteiger partial charge on any atom is -0.352 e. The summed E-state index contributed by atoms with van der Waals surface area (Å²) in [6.07, 6.45) is 4.36. The Balaban J connectivity index is 1.65. The van der Waals surface area contributed by atoms with E-state index in [1.807, 2.05) is 17.5 Å². The molecule has 0 aromatic carbocycles. The highest BCUT2D eigenvalue weighted by atomic mass is 32.1. The zero-order chi connectivity index (χ0) is 17.3. The van der Waals surface area contributed by atoms with Gasteiger partial charge in [-0.1, -0.05) is 25.8 Å². The number of thiophene rings is 1. The van der Waals surface area contributed by atoms with Crippen molar-refractivity contribution in [2.75, 3.05) is 6.54 Å². The van der Waals surface area contributed by atoms with Gasteiger partial charge in [0.05, 0.1) is 0 Å². The normalized spacial score (nSPS) is 30.3. The number of nitrogens with zero attached hydrogens (tertiary/aromatic N) is 1. The fraction of sp³-hybridized carbons (Fsp3) is 0.588. The van der Waals surface area contributed by atoms with E-state index in [1.54, 1.807) is 6.92 Å². The summed E-state index contributed by atoms with van der Waals surface area (Å²) in [4.78, 5) is 39.0. The third kappa shape index (κ3) is 3.05. The summed E-state index contributed by atoms with van der Waals surface area (Å²) in [6, 6.07) is 3.28. The van der Waals surface area contributed by atoms with Crippen LogP contribution in [0.15, 0.2) is 17.5 Å². The molecule has 3 rings (SSSR count). The van der Waals surface area contributed by atoms with E-state index in [4.69, 9.17) is 0 Å². The first kappa shape index (κ1) is 17.0. The van der Waals surface area contributed by atoms with Gasteiger partial charge in [-0.2, -0.15) is 0 Å². The first-order chi connectivity index (χ1) is 11.4. The summed E-state index contributed by atoms with van der Waals surface area (Å²) in [7, 11) is 0. The molecule has 0 bridgehead atoms. The Kier molecular flexibility index (Phi) is 4.62. The van der Waals surface area contributed by atoms with E-state index in [0.29, 0.717) is 5.92 Å². The van der Waals surface area contributed by atoms with E-state index in [9.17, 15) is 14.4 Å². The Morgan fingerprint density at radius 1 is 1.42 bits per heavy atom. The maximum absolute atomic E-state index is 12.7. The second-order valence-corrected chi connectivity index (χ2v) is 7.81. The predicted molar refractivity (Wildman–Crippen MR) is 91.5 cm³/mol. The molecule has 1 aromatic rings. The van der Waals surface area contributed by atoms with Crippen LogP contribution in [0.5, 0.6) is 0 Å². The van der Waals surface area contributed by atoms with Crippen LogP contribution < -0.4 is 10.6 Å². The van der Waals surface area contributed by atoms with Gasteiger partial charge in [0.1, 0.15) is 6.54 Å². The van der Waals surface area contributed by atoms with Gasteiger partial charge >= 0.3 is 6.03 Å². The van der Waals surface area contributed by atoms with Crippen LogP contribution >= 0.6 is 11.3 Å². The van der Waals surface area contributed by atoms with Crippen molar-refractivity contribution in [1.82, 2.24) is 15.5 Å². The van der Waals surface area contributed by atoms with Crippen molar-refractivity contribution in [3.05, 3.63) is 22.4 Å². The van der Waals surface area contributed by atoms with Gasteiger partial charge in [0.25, 0.3) is 5.91 Å². The van der Waals surface area contributed by atoms with Crippen molar-refractivity contribution >= 4 is 29.2 Å². The smallest absolute Gasteiger partial charge is 0.325 e. The van der Waals surface area contributed by atoms with Gasteiger partial charge in [0, 0.05) is 10.9 Å². The SMILES string of the molecule is CC1CCCCC1NC(=O)CN1C(=O)NC(C)(c2cccs2)C1=O. The van der Waals surface area contributed by atoms with E-state index in [1.165, 1.54) is 17.8 Å². The number of nitrogens with one attached hydrogen (secondary N) is 2. The predicted octanol–water partition coefficient (Wildman–Crippen LogP) is 2.21. The van der Waals surface area contributed by atoms with Gasteiger partial charge in [0.2, 0.25) is 5.91 Å². The summed E-state index contributed by atoms with van der Waals surface area (Å²) < 4.78 is 0. The molecular weight excluding hydrogens is 326 g/mol. The van der Waals surface area contributed by atoms with Gasteiger partial charge in [-0.3, -0.25) is 14.5 Å². The largest absolute Gasteiger partial charge is 0.352 e. The van der Waals surface area contributed by atoms with Crippen molar-refractivity contribution < 1.29 is 14.4 Å². The van der Waals surface area contributed by atoms with Gasteiger partial charge in [0.15, 0.2) is 5.54 Å². The molecule has 4 amide bonds. The van der Waals surface area contributed by atoms with E-state index >= 15 is 0 Å². The lowest BCUT2D eigenvalue weighted by Crippen LogP contribution is -2.47. The monoisotopic (exact) mass is 349 g/mol. The fourth-order valence-corrected chi connectivity index (χ4v) is 4.33. The average Bonchev–Trinajstić information content (AvgIpc) is 3.14. The molecule has 2 heterocycles. The molecule has 2 N–H and O–H groups in total. The van der Waals surface area contributed by atoms with Crippen molar-refractivity contribution in [2.24, 2.45) is 5.92 Å². The first-order valence-electron chi connectivity index (χ1n) is 8.39. The Morgan fingerprint density at radius 3 is 2.83 bits per heavy atom. The molecule has 2 fully saturated rings. The fourth-order valence-electron chi connectivity index (χ4n) is 3.50. The number of hydrogen-bond acceptors (Lipinski definition) is 4. The number of rotatable bonds is 4. The quantitative estimate of drug-likeness (QED) is 0.818. The maximum atomic E-state index is 12.7. The Morgan fingerprint density at radius 2 is 2.17 bits per heavy atom. The van der Waals surface area contributed by atoms with Crippen LogP contribution in [0.1, 0.15) is 44.4 Å².